The van der Waals surface area contributed by atoms with Gasteiger partial charge >= 0.3 is 0 Å². The summed E-state index contributed by atoms with van der Waals surface area (Å²) in [6, 6.07) is 7.43. The second kappa shape index (κ2) is 3.68. The highest BCUT2D eigenvalue weighted by atomic mass is 16.5. The number of nitriles is 1. The molecule has 0 radical (unpaired) electrons. The number of ether oxygens (including phenoxy) is 2. The quantitative estimate of drug-likeness (QED) is 0.746. The van der Waals surface area contributed by atoms with Gasteiger partial charge in [0, 0.05) is 5.39 Å². The molecule has 0 atom stereocenters. The molecule has 1 aromatic heterocycles. The Kier molecular flexibility index (Phi) is 2.06. The van der Waals surface area contributed by atoms with Crippen LogP contribution in [-0.2, 0) is 9.47 Å². The first-order chi connectivity index (χ1) is 8.38. The molecule has 1 aliphatic rings. The molecule has 1 aliphatic heterocycles. The molecule has 2 aromatic rings. The molecular weight excluding hydrogens is 218 g/mol. The molecular formula is C12H7N3O2. The summed E-state index contributed by atoms with van der Waals surface area (Å²) in [7, 11) is 0. The molecule has 0 saturated carbocycles. The third-order valence-corrected chi connectivity index (χ3v) is 2.40. The highest BCUT2D eigenvalue weighted by Gasteiger charge is 2.10. The van der Waals surface area contributed by atoms with Crippen LogP contribution in [0.15, 0.2) is 43.2 Å². The summed E-state index contributed by atoms with van der Waals surface area (Å²) in [5.74, 6) is 0.479. The molecule has 0 amide bonds. The fourth-order valence-corrected chi connectivity index (χ4v) is 1.63. The van der Waals surface area contributed by atoms with Crippen LogP contribution in [0.25, 0.3) is 16.8 Å². The summed E-state index contributed by atoms with van der Waals surface area (Å²) < 4.78 is 11.9. The van der Waals surface area contributed by atoms with E-state index in [4.69, 9.17) is 14.7 Å². The number of fused-ring (bicyclic) bond motifs is 1. The summed E-state index contributed by atoms with van der Waals surface area (Å²) in [6.07, 6.45) is 6.01. The third-order valence-electron chi connectivity index (χ3n) is 2.40. The maximum Gasteiger partial charge on any atom is 0.256 e. The van der Waals surface area contributed by atoms with Gasteiger partial charge in [-0.15, -0.1) is 0 Å². The van der Waals surface area contributed by atoms with Crippen molar-refractivity contribution in [2.45, 2.75) is 0 Å². The van der Waals surface area contributed by atoms with Crippen molar-refractivity contribution in [2.24, 2.45) is 0 Å². The zero-order valence-corrected chi connectivity index (χ0v) is 8.70. The molecule has 0 bridgehead atoms. The molecule has 0 N–H and O–H groups in total. The number of aromatic nitrogens is 2. The molecule has 0 aliphatic carbocycles. The summed E-state index contributed by atoms with van der Waals surface area (Å²) in [5, 5.41) is 13.9. The molecule has 82 valence electrons. The molecule has 2 heterocycles. The maximum atomic E-state index is 8.81. The van der Waals surface area contributed by atoms with E-state index < -0.39 is 0 Å². The van der Waals surface area contributed by atoms with E-state index in [1.807, 2.05) is 6.07 Å². The van der Waals surface area contributed by atoms with Crippen molar-refractivity contribution in [3.05, 3.63) is 48.7 Å². The molecule has 5 heteroatoms. The standard InChI is InChI=1S/C12H7N3O2/c13-6-9-1-2-11-10(5-9)7-14-15(11)12-8-16-3-4-17-12/h1-5,7-8H. The van der Waals surface area contributed by atoms with Crippen LogP contribution in [0.2, 0.25) is 0 Å². The largest absolute Gasteiger partial charge is 0.464 e. The van der Waals surface area contributed by atoms with Crippen LogP contribution in [0.3, 0.4) is 0 Å². The second-order valence-electron chi connectivity index (χ2n) is 3.42. The number of benzene rings is 1. The number of nitrogens with zero attached hydrogens (tertiary/aromatic N) is 3. The van der Waals surface area contributed by atoms with E-state index in [1.165, 1.54) is 18.8 Å². The fourth-order valence-electron chi connectivity index (χ4n) is 1.63. The van der Waals surface area contributed by atoms with Crippen molar-refractivity contribution < 1.29 is 9.47 Å². The van der Waals surface area contributed by atoms with Crippen LogP contribution in [0.5, 0.6) is 0 Å². The van der Waals surface area contributed by atoms with Gasteiger partial charge in [0.1, 0.15) is 12.5 Å². The summed E-state index contributed by atoms with van der Waals surface area (Å²) in [4.78, 5) is 0. The van der Waals surface area contributed by atoms with Crippen LogP contribution in [0.1, 0.15) is 5.56 Å². The molecule has 0 fully saturated rings. The maximum absolute atomic E-state index is 8.81. The van der Waals surface area contributed by atoms with Crippen molar-refractivity contribution in [2.75, 3.05) is 0 Å². The number of hydrogen-bond donors (Lipinski definition) is 0. The Bertz CT molecular complexity index is 677. The van der Waals surface area contributed by atoms with E-state index in [2.05, 4.69) is 11.2 Å². The van der Waals surface area contributed by atoms with Gasteiger partial charge in [-0.3, -0.25) is 0 Å². The molecule has 1 aromatic carbocycles. The molecule has 3 rings (SSSR count). The normalized spacial score (nSPS) is 13.7. The first-order valence-corrected chi connectivity index (χ1v) is 4.94. The summed E-state index contributed by atoms with van der Waals surface area (Å²) in [6.45, 7) is 0. The minimum Gasteiger partial charge on any atom is -0.464 e. The average Bonchev–Trinajstić information content (AvgIpc) is 2.82. The van der Waals surface area contributed by atoms with Crippen molar-refractivity contribution >= 4 is 16.8 Å². The monoisotopic (exact) mass is 225 g/mol. The van der Waals surface area contributed by atoms with Gasteiger partial charge in [-0.05, 0) is 18.2 Å². The zero-order valence-electron chi connectivity index (χ0n) is 8.70. The van der Waals surface area contributed by atoms with Crippen LogP contribution < -0.4 is 0 Å². The van der Waals surface area contributed by atoms with Crippen molar-refractivity contribution in [3.8, 4) is 6.07 Å². The number of hydrogen-bond acceptors (Lipinski definition) is 4. The van der Waals surface area contributed by atoms with Gasteiger partial charge in [-0.1, -0.05) is 0 Å². The Morgan fingerprint density at radius 3 is 3.00 bits per heavy atom. The highest BCUT2D eigenvalue weighted by Crippen LogP contribution is 2.20. The van der Waals surface area contributed by atoms with Gasteiger partial charge in [0.2, 0.25) is 0 Å². The van der Waals surface area contributed by atoms with Gasteiger partial charge in [-0.2, -0.15) is 15.0 Å². The SMILES string of the molecule is N#Cc1ccc2c(cnn2C2=COC=CO2)c1. The van der Waals surface area contributed by atoms with Crippen LogP contribution in [0, 0.1) is 11.3 Å². The Hall–Kier alpha value is -2.74. The van der Waals surface area contributed by atoms with Gasteiger partial charge in [0.25, 0.3) is 5.88 Å². The molecule has 0 spiro atoms. The predicted octanol–water partition coefficient (Wildman–Crippen LogP) is 2.18. The van der Waals surface area contributed by atoms with E-state index in [0.717, 1.165) is 10.9 Å². The van der Waals surface area contributed by atoms with E-state index in [-0.39, 0.29) is 0 Å². The zero-order chi connectivity index (χ0) is 11.7. The lowest BCUT2D eigenvalue weighted by Gasteiger charge is -2.10. The van der Waals surface area contributed by atoms with Gasteiger partial charge in [0.05, 0.1) is 23.3 Å². The first-order valence-electron chi connectivity index (χ1n) is 4.94. The van der Waals surface area contributed by atoms with Crippen molar-refractivity contribution in [3.63, 3.8) is 0 Å². The first kappa shape index (κ1) is 9.48. The van der Waals surface area contributed by atoms with Crippen LogP contribution >= 0.6 is 0 Å². The number of rotatable bonds is 1. The average molecular weight is 225 g/mol. The minimum atomic E-state index is 0.479. The third kappa shape index (κ3) is 1.52. The van der Waals surface area contributed by atoms with E-state index in [1.54, 1.807) is 23.0 Å². The second-order valence-corrected chi connectivity index (χ2v) is 3.42. The lowest BCUT2D eigenvalue weighted by atomic mass is 10.2. The van der Waals surface area contributed by atoms with Crippen LogP contribution in [0.4, 0.5) is 0 Å². The van der Waals surface area contributed by atoms with E-state index in [0.29, 0.717) is 11.4 Å². The topological polar surface area (TPSA) is 60.1 Å². The molecule has 0 unspecified atom stereocenters. The lowest BCUT2D eigenvalue weighted by Crippen LogP contribution is -2.02. The predicted molar refractivity (Wildman–Crippen MR) is 60.0 cm³/mol. The summed E-state index contributed by atoms with van der Waals surface area (Å²) >= 11 is 0. The molecule has 17 heavy (non-hydrogen) atoms. The minimum absolute atomic E-state index is 0.479. The molecule has 0 saturated heterocycles. The summed E-state index contributed by atoms with van der Waals surface area (Å²) in [5.41, 5.74) is 1.46. The van der Waals surface area contributed by atoms with Crippen molar-refractivity contribution in [1.82, 2.24) is 9.78 Å². The Balaban J connectivity index is 2.13. The van der Waals surface area contributed by atoms with Gasteiger partial charge in [-0.25, -0.2) is 0 Å². The Labute approximate surface area is 96.8 Å². The molecule has 5 nitrogen and oxygen atoms in total. The lowest BCUT2D eigenvalue weighted by molar-refractivity contribution is 0.293. The Morgan fingerprint density at radius 2 is 2.24 bits per heavy atom. The Morgan fingerprint density at radius 1 is 1.29 bits per heavy atom. The van der Waals surface area contributed by atoms with Crippen LogP contribution in [-0.4, -0.2) is 9.78 Å². The fraction of sp³-hybridized carbons (Fsp3) is 0. The van der Waals surface area contributed by atoms with Gasteiger partial charge < -0.3 is 9.47 Å². The van der Waals surface area contributed by atoms with Crippen molar-refractivity contribution in [1.29, 1.82) is 5.26 Å². The highest BCUT2D eigenvalue weighted by molar-refractivity contribution is 5.82. The smallest absolute Gasteiger partial charge is 0.256 e. The van der Waals surface area contributed by atoms with E-state index >= 15 is 0 Å². The van der Waals surface area contributed by atoms with E-state index in [9.17, 15) is 0 Å². The van der Waals surface area contributed by atoms with Gasteiger partial charge in [0.15, 0.2) is 6.26 Å².